The molecule has 5 nitrogen and oxygen atoms in total. The van der Waals surface area contributed by atoms with E-state index in [1.165, 1.54) is 13.3 Å². The molecule has 0 heterocycles. The van der Waals surface area contributed by atoms with Crippen molar-refractivity contribution in [1.29, 1.82) is 0 Å². The monoisotopic (exact) mass is 386 g/mol. The van der Waals surface area contributed by atoms with Gasteiger partial charge in [0.1, 0.15) is 18.1 Å². The van der Waals surface area contributed by atoms with Crippen LogP contribution in [0, 0.1) is 12.3 Å². The first-order valence-corrected chi connectivity index (χ1v) is 7.77. The van der Waals surface area contributed by atoms with E-state index in [4.69, 9.17) is 15.9 Å². The molecule has 1 amide bonds. The van der Waals surface area contributed by atoms with Crippen LogP contribution in [0.1, 0.15) is 15.9 Å². The highest BCUT2D eigenvalue weighted by molar-refractivity contribution is 9.10. The van der Waals surface area contributed by atoms with Crippen molar-refractivity contribution in [2.24, 2.45) is 5.10 Å². The van der Waals surface area contributed by atoms with Gasteiger partial charge in [-0.3, -0.25) is 4.79 Å². The van der Waals surface area contributed by atoms with Crippen LogP contribution in [0.15, 0.2) is 52.0 Å². The molecule has 0 atom stereocenters. The number of benzene rings is 2. The molecule has 0 bridgehead atoms. The van der Waals surface area contributed by atoms with Crippen LogP contribution in [-0.4, -0.2) is 25.8 Å². The standard InChI is InChI=1S/C18H15BrN2O3/c1-3-10-24-16-9-8-14(19)11-13(16)12-20-21-18(22)15-6-4-5-7-17(15)23-2/h1,4-9,11-12H,10H2,2H3,(H,21,22). The van der Waals surface area contributed by atoms with E-state index in [-0.39, 0.29) is 12.5 Å². The van der Waals surface area contributed by atoms with E-state index >= 15 is 0 Å². The molecule has 24 heavy (non-hydrogen) atoms. The van der Waals surface area contributed by atoms with E-state index in [2.05, 4.69) is 32.4 Å². The van der Waals surface area contributed by atoms with Gasteiger partial charge in [0.05, 0.1) is 18.9 Å². The second-order valence-corrected chi connectivity index (χ2v) is 5.49. The predicted molar refractivity (Wildman–Crippen MR) is 96.5 cm³/mol. The number of hydrogen-bond acceptors (Lipinski definition) is 4. The Kier molecular flexibility index (Phi) is 6.41. The Labute approximate surface area is 148 Å². The minimum atomic E-state index is -0.371. The van der Waals surface area contributed by atoms with Crippen LogP contribution in [0.4, 0.5) is 0 Å². The summed E-state index contributed by atoms with van der Waals surface area (Å²) in [5.74, 6) is 3.09. The molecule has 0 aliphatic rings. The van der Waals surface area contributed by atoms with Crippen molar-refractivity contribution in [3.8, 4) is 23.8 Å². The number of para-hydroxylation sites is 1. The largest absolute Gasteiger partial charge is 0.496 e. The first-order chi connectivity index (χ1) is 11.7. The Bertz CT molecular complexity index is 797. The maximum absolute atomic E-state index is 12.2. The summed E-state index contributed by atoms with van der Waals surface area (Å²) in [4.78, 5) is 12.2. The highest BCUT2D eigenvalue weighted by atomic mass is 79.9. The SMILES string of the molecule is C#CCOc1ccc(Br)cc1C=NNC(=O)c1ccccc1OC. The summed E-state index contributed by atoms with van der Waals surface area (Å²) in [6.45, 7) is 0.149. The smallest absolute Gasteiger partial charge is 0.275 e. The first-order valence-electron chi connectivity index (χ1n) is 6.98. The van der Waals surface area contributed by atoms with Gasteiger partial charge >= 0.3 is 0 Å². The summed E-state index contributed by atoms with van der Waals surface area (Å²) in [5, 5.41) is 3.97. The van der Waals surface area contributed by atoms with Gasteiger partial charge in [-0.1, -0.05) is 34.0 Å². The van der Waals surface area contributed by atoms with Gasteiger partial charge in [0.2, 0.25) is 0 Å². The lowest BCUT2D eigenvalue weighted by Gasteiger charge is -2.07. The third kappa shape index (κ3) is 4.61. The fraction of sp³-hybridized carbons (Fsp3) is 0.111. The van der Waals surface area contributed by atoms with Crippen molar-refractivity contribution < 1.29 is 14.3 Å². The molecule has 0 aromatic heterocycles. The number of rotatable bonds is 6. The number of halogens is 1. The average molecular weight is 387 g/mol. The molecular formula is C18H15BrN2O3. The molecule has 0 aliphatic carbocycles. The van der Waals surface area contributed by atoms with Gasteiger partial charge in [-0.25, -0.2) is 5.43 Å². The number of methoxy groups -OCH3 is 1. The Balaban J connectivity index is 2.12. The summed E-state index contributed by atoms with van der Waals surface area (Å²) in [6.07, 6.45) is 6.69. The van der Waals surface area contributed by atoms with Crippen molar-refractivity contribution in [3.63, 3.8) is 0 Å². The number of nitrogens with zero attached hydrogens (tertiary/aromatic N) is 1. The lowest BCUT2D eigenvalue weighted by atomic mass is 10.2. The van der Waals surface area contributed by atoms with Crippen LogP contribution in [0.3, 0.4) is 0 Å². The number of carbonyl (C=O) groups is 1. The Morgan fingerprint density at radius 1 is 1.33 bits per heavy atom. The molecule has 0 aliphatic heterocycles. The topological polar surface area (TPSA) is 59.9 Å². The van der Waals surface area contributed by atoms with Gasteiger partial charge in [-0.05, 0) is 30.3 Å². The van der Waals surface area contributed by atoms with Crippen LogP contribution in [0.5, 0.6) is 11.5 Å². The van der Waals surface area contributed by atoms with E-state index < -0.39 is 0 Å². The first kappa shape index (κ1) is 17.6. The third-order valence-electron chi connectivity index (χ3n) is 3.00. The molecule has 0 unspecified atom stereocenters. The van der Waals surface area contributed by atoms with E-state index in [1.807, 2.05) is 12.1 Å². The minimum absolute atomic E-state index is 0.149. The van der Waals surface area contributed by atoms with E-state index in [0.717, 1.165) is 4.47 Å². The zero-order valence-electron chi connectivity index (χ0n) is 13.0. The summed E-state index contributed by atoms with van der Waals surface area (Å²) in [7, 11) is 1.51. The molecule has 2 rings (SSSR count). The van der Waals surface area contributed by atoms with E-state index in [9.17, 15) is 4.79 Å². The molecule has 0 saturated heterocycles. The van der Waals surface area contributed by atoms with Crippen molar-refractivity contribution in [3.05, 3.63) is 58.1 Å². The van der Waals surface area contributed by atoms with Gasteiger partial charge in [0.15, 0.2) is 0 Å². The maximum Gasteiger partial charge on any atom is 0.275 e. The number of nitrogens with one attached hydrogen (secondary N) is 1. The molecule has 0 saturated carbocycles. The highest BCUT2D eigenvalue weighted by Crippen LogP contribution is 2.22. The third-order valence-corrected chi connectivity index (χ3v) is 3.50. The van der Waals surface area contributed by atoms with E-state index in [0.29, 0.717) is 22.6 Å². The number of ether oxygens (including phenoxy) is 2. The molecule has 122 valence electrons. The zero-order valence-corrected chi connectivity index (χ0v) is 14.5. The Morgan fingerprint density at radius 2 is 2.12 bits per heavy atom. The molecule has 2 aromatic rings. The fourth-order valence-electron chi connectivity index (χ4n) is 1.92. The van der Waals surface area contributed by atoms with E-state index in [1.54, 1.807) is 30.3 Å². The van der Waals surface area contributed by atoms with Gasteiger partial charge in [-0.2, -0.15) is 5.10 Å². The van der Waals surface area contributed by atoms with Crippen molar-refractivity contribution in [1.82, 2.24) is 5.43 Å². The Hall–Kier alpha value is -2.78. The van der Waals surface area contributed by atoms with Crippen LogP contribution in [-0.2, 0) is 0 Å². The molecule has 0 spiro atoms. The Morgan fingerprint density at radius 3 is 2.88 bits per heavy atom. The fourth-order valence-corrected chi connectivity index (χ4v) is 2.30. The molecule has 2 aromatic carbocycles. The number of hydrogen-bond donors (Lipinski definition) is 1. The van der Waals surface area contributed by atoms with Crippen LogP contribution in [0.25, 0.3) is 0 Å². The van der Waals surface area contributed by atoms with Crippen LogP contribution in [0.2, 0.25) is 0 Å². The maximum atomic E-state index is 12.2. The summed E-state index contributed by atoms with van der Waals surface area (Å²) < 4.78 is 11.4. The molecule has 6 heteroatoms. The average Bonchev–Trinajstić information content (AvgIpc) is 2.61. The van der Waals surface area contributed by atoms with Crippen molar-refractivity contribution in [2.75, 3.05) is 13.7 Å². The lowest BCUT2D eigenvalue weighted by molar-refractivity contribution is 0.0952. The normalized spacial score (nSPS) is 10.2. The molecular weight excluding hydrogens is 372 g/mol. The number of carbonyl (C=O) groups excluding carboxylic acids is 1. The number of terminal acetylenes is 1. The number of hydrazone groups is 1. The zero-order chi connectivity index (χ0) is 17.4. The van der Waals surface area contributed by atoms with Crippen LogP contribution >= 0.6 is 15.9 Å². The highest BCUT2D eigenvalue weighted by Gasteiger charge is 2.10. The lowest BCUT2D eigenvalue weighted by Crippen LogP contribution is -2.18. The molecule has 0 radical (unpaired) electrons. The van der Waals surface area contributed by atoms with Crippen LogP contribution < -0.4 is 14.9 Å². The van der Waals surface area contributed by atoms with Gasteiger partial charge in [-0.15, -0.1) is 6.42 Å². The van der Waals surface area contributed by atoms with Gasteiger partial charge in [0, 0.05) is 10.0 Å². The summed E-state index contributed by atoms with van der Waals surface area (Å²) in [6, 6.07) is 12.3. The summed E-state index contributed by atoms with van der Waals surface area (Å²) in [5.41, 5.74) is 3.54. The minimum Gasteiger partial charge on any atom is -0.496 e. The number of amides is 1. The molecule has 0 fully saturated rings. The van der Waals surface area contributed by atoms with Gasteiger partial charge in [0.25, 0.3) is 5.91 Å². The second-order valence-electron chi connectivity index (χ2n) is 4.57. The van der Waals surface area contributed by atoms with Gasteiger partial charge < -0.3 is 9.47 Å². The summed E-state index contributed by atoms with van der Waals surface area (Å²) >= 11 is 3.38. The van der Waals surface area contributed by atoms with Crippen molar-refractivity contribution >= 4 is 28.1 Å². The molecule has 1 N–H and O–H groups in total. The van der Waals surface area contributed by atoms with Crippen molar-refractivity contribution in [2.45, 2.75) is 0 Å². The predicted octanol–water partition coefficient (Wildman–Crippen LogP) is 3.23. The quantitative estimate of drug-likeness (QED) is 0.470. The second kappa shape index (κ2) is 8.75.